The minimum atomic E-state index is -3.54. The summed E-state index contributed by atoms with van der Waals surface area (Å²) < 4.78 is 27.0. The van der Waals surface area contributed by atoms with E-state index in [1.54, 1.807) is 11.4 Å². The second-order valence-electron chi connectivity index (χ2n) is 4.46. The van der Waals surface area contributed by atoms with Gasteiger partial charge < -0.3 is 5.32 Å². The molecular formula is C11H14N4O2S2. The molecule has 1 fully saturated rings. The standard InChI is InChI=1S/C11H14N4O2S2/c16-19(17,15-9-5-13-14-6-9)11-3-4-18-10(11)7-12-8-1-2-8/h3-6,8,12,15H,1-2,7H2,(H,13,14). The Balaban J connectivity index is 1.78. The molecule has 0 amide bonds. The summed E-state index contributed by atoms with van der Waals surface area (Å²) in [5.41, 5.74) is 0.437. The fourth-order valence-corrected chi connectivity index (χ4v) is 4.17. The third-order valence-electron chi connectivity index (χ3n) is 2.87. The molecule has 1 aliphatic rings. The highest BCUT2D eigenvalue weighted by molar-refractivity contribution is 7.93. The minimum absolute atomic E-state index is 0.340. The zero-order chi connectivity index (χ0) is 13.3. The maximum Gasteiger partial charge on any atom is 0.263 e. The van der Waals surface area contributed by atoms with Gasteiger partial charge in [-0.05, 0) is 24.3 Å². The number of nitrogens with one attached hydrogen (secondary N) is 3. The maximum atomic E-state index is 12.3. The number of hydrogen-bond donors (Lipinski definition) is 3. The van der Waals surface area contributed by atoms with E-state index in [-0.39, 0.29) is 0 Å². The van der Waals surface area contributed by atoms with Crippen molar-refractivity contribution in [2.45, 2.75) is 30.3 Å². The van der Waals surface area contributed by atoms with Gasteiger partial charge in [0.25, 0.3) is 10.0 Å². The summed E-state index contributed by atoms with van der Waals surface area (Å²) in [7, 11) is -3.54. The fourth-order valence-electron chi connectivity index (χ4n) is 1.74. The lowest BCUT2D eigenvalue weighted by Crippen LogP contribution is -2.18. The molecule has 3 rings (SSSR count). The minimum Gasteiger partial charge on any atom is -0.309 e. The van der Waals surface area contributed by atoms with Crippen molar-refractivity contribution in [3.05, 3.63) is 28.7 Å². The van der Waals surface area contributed by atoms with Crippen molar-refractivity contribution >= 4 is 27.0 Å². The first-order chi connectivity index (χ1) is 9.15. The molecular weight excluding hydrogens is 284 g/mol. The Hall–Kier alpha value is -1.38. The number of H-pyrrole nitrogens is 1. The topological polar surface area (TPSA) is 86.9 Å². The summed E-state index contributed by atoms with van der Waals surface area (Å²) in [5, 5.41) is 11.4. The number of hydrogen-bond acceptors (Lipinski definition) is 5. The van der Waals surface area contributed by atoms with Gasteiger partial charge in [0.05, 0.1) is 11.9 Å². The molecule has 0 spiro atoms. The Bertz CT molecular complexity index is 644. The zero-order valence-electron chi connectivity index (χ0n) is 10.1. The van der Waals surface area contributed by atoms with Gasteiger partial charge in [-0.25, -0.2) is 8.42 Å². The number of thiophene rings is 1. The average molecular weight is 298 g/mol. The van der Waals surface area contributed by atoms with Gasteiger partial charge in [0.1, 0.15) is 4.90 Å². The molecule has 2 heterocycles. The van der Waals surface area contributed by atoms with Crippen molar-refractivity contribution in [3.63, 3.8) is 0 Å². The molecule has 19 heavy (non-hydrogen) atoms. The number of sulfonamides is 1. The van der Waals surface area contributed by atoms with Crippen LogP contribution in [0.2, 0.25) is 0 Å². The summed E-state index contributed by atoms with van der Waals surface area (Å²) >= 11 is 1.45. The largest absolute Gasteiger partial charge is 0.309 e. The van der Waals surface area contributed by atoms with Gasteiger partial charge in [0.2, 0.25) is 0 Å². The molecule has 8 heteroatoms. The molecule has 0 saturated heterocycles. The molecule has 0 radical (unpaired) electrons. The van der Waals surface area contributed by atoms with Gasteiger partial charge in [-0.1, -0.05) is 0 Å². The lowest BCUT2D eigenvalue weighted by Gasteiger charge is -2.07. The zero-order valence-corrected chi connectivity index (χ0v) is 11.7. The second kappa shape index (κ2) is 4.95. The third-order valence-corrected chi connectivity index (χ3v) is 5.39. The third kappa shape index (κ3) is 2.96. The molecule has 102 valence electrons. The van der Waals surface area contributed by atoms with Crippen LogP contribution in [-0.4, -0.2) is 24.7 Å². The molecule has 2 aromatic heterocycles. The Labute approximate surface area is 115 Å². The quantitative estimate of drug-likeness (QED) is 0.754. The monoisotopic (exact) mass is 298 g/mol. The Morgan fingerprint density at radius 2 is 2.32 bits per heavy atom. The van der Waals surface area contributed by atoms with Crippen LogP contribution >= 0.6 is 11.3 Å². The van der Waals surface area contributed by atoms with Gasteiger partial charge in [0.15, 0.2) is 0 Å². The van der Waals surface area contributed by atoms with Crippen molar-refractivity contribution in [3.8, 4) is 0 Å². The van der Waals surface area contributed by atoms with E-state index >= 15 is 0 Å². The molecule has 3 N–H and O–H groups in total. The number of aromatic amines is 1. The SMILES string of the molecule is O=S(=O)(Nc1cn[nH]c1)c1ccsc1CNC1CC1. The number of anilines is 1. The highest BCUT2D eigenvalue weighted by atomic mass is 32.2. The first-order valence-corrected chi connectivity index (χ1v) is 8.33. The molecule has 2 aromatic rings. The van der Waals surface area contributed by atoms with Crippen molar-refractivity contribution in [1.82, 2.24) is 15.5 Å². The van der Waals surface area contributed by atoms with Crippen molar-refractivity contribution in [2.75, 3.05) is 4.72 Å². The van der Waals surface area contributed by atoms with Gasteiger partial charge >= 0.3 is 0 Å². The summed E-state index contributed by atoms with van der Waals surface area (Å²) in [4.78, 5) is 1.18. The van der Waals surface area contributed by atoms with Crippen LogP contribution in [-0.2, 0) is 16.6 Å². The predicted octanol–water partition coefficient (Wildman–Crippen LogP) is 1.52. The molecule has 0 unspecified atom stereocenters. The second-order valence-corrected chi connectivity index (χ2v) is 7.11. The van der Waals surface area contributed by atoms with Crippen LogP contribution in [0, 0.1) is 0 Å². The Morgan fingerprint density at radius 3 is 3.00 bits per heavy atom. The van der Waals surface area contributed by atoms with Crippen LogP contribution in [0.3, 0.4) is 0 Å². The molecule has 0 atom stereocenters. The smallest absolute Gasteiger partial charge is 0.263 e. The number of aromatic nitrogens is 2. The van der Waals surface area contributed by atoms with Crippen LogP contribution in [0.25, 0.3) is 0 Å². The molecule has 6 nitrogen and oxygen atoms in total. The van der Waals surface area contributed by atoms with E-state index in [9.17, 15) is 8.42 Å². The maximum absolute atomic E-state index is 12.3. The van der Waals surface area contributed by atoms with Crippen LogP contribution in [0.4, 0.5) is 5.69 Å². The average Bonchev–Trinajstić information content (AvgIpc) is 2.87. The first-order valence-electron chi connectivity index (χ1n) is 5.96. The van der Waals surface area contributed by atoms with E-state index in [1.165, 1.54) is 36.6 Å². The van der Waals surface area contributed by atoms with E-state index in [4.69, 9.17) is 0 Å². The Kier molecular flexibility index (Phi) is 3.29. The lowest BCUT2D eigenvalue weighted by molar-refractivity contribution is 0.599. The lowest BCUT2D eigenvalue weighted by atomic mass is 10.4. The van der Waals surface area contributed by atoms with Crippen LogP contribution in [0.1, 0.15) is 17.7 Å². The highest BCUT2D eigenvalue weighted by Crippen LogP contribution is 2.26. The normalized spacial score (nSPS) is 15.6. The molecule has 0 aliphatic heterocycles. The van der Waals surface area contributed by atoms with E-state index in [0.717, 1.165) is 4.88 Å². The van der Waals surface area contributed by atoms with Gasteiger partial charge in [-0.3, -0.25) is 9.82 Å². The summed E-state index contributed by atoms with van der Waals surface area (Å²) in [6, 6.07) is 2.19. The summed E-state index contributed by atoms with van der Waals surface area (Å²) in [5.74, 6) is 0. The molecule has 0 aromatic carbocycles. The highest BCUT2D eigenvalue weighted by Gasteiger charge is 2.24. The van der Waals surface area contributed by atoms with E-state index in [0.29, 0.717) is 23.2 Å². The van der Waals surface area contributed by atoms with Crippen LogP contribution < -0.4 is 10.0 Å². The van der Waals surface area contributed by atoms with Crippen molar-refractivity contribution in [1.29, 1.82) is 0 Å². The van der Waals surface area contributed by atoms with Crippen molar-refractivity contribution in [2.24, 2.45) is 0 Å². The van der Waals surface area contributed by atoms with E-state index in [1.807, 2.05) is 0 Å². The summed E-state index contributed by atoms with van der Waals surface area (Å²) in [6.45, 7) is 0.601. The van der Waals surface area contributed by atoms with Gasteiger partial charge in [-0.15, -0.1) is 11.3 Å². The molecule has 1 aliphatic carbocycles. The van der Waals surface area contributed by atoms with Crippen LogP contribution in [0.5, 0.6) is 0 Å². The number of rotatable bonds is 6. The fraction of sp³-hybridized carbons (Fsp3) is 0.364. The molecule has 0 bridgehead atoms. The van der Waals surface area contributed by atoms with Crippen molar-refractivity contribution < 1.29 is 8.42 Å². The first kappa shape index (κ1) is 12.6. The van der Waals surface area contributed by atoms with Gasteiger partial charge in [-0.2, -0.15) is 5.10 Å². The van der Waals surface area contributed by atoms with E-state index < -0.39 is 10.0 Å². The Morgan fingerprint density at radius 1 is 1.47 bits per heavy atom. The number of nitrogens with zero attached hydrogens (tertiary/aromatic N) is 1. The summed E-state index contributed by atoms with van der Waals surface area (Å²) in [6.07, 6.45) is 5.31. The molecule has 1 saturated carbocycles. The van der Waals surface area contributed by atoms with E-state index in [2.05, 4.69) is 20.2 Å². The van der Waals surface area contributed by atoms with Gasteiger partial charge in [0, 0.05) is 23.7 Å². The predicted molar refractivity (Wildman–Crippen MR) is 73.6 cm³/mol. The van der Waals surface area contributed by atoms with Crippen LogP contribution in [0.15, 0.2) is 28.7 Å².